The first-order chi connectivity index (χ1) is 12.6. The maximum absolute atomic E-state index is 12.0. The molecule has 0 saturated carbocycles. The Balaban J connectivity index is 2.19. The van der Waals surface area contributed by atoms with Crippen molar-refractivity contribution in [1.29, 1.82) is 0 Å². The molecule has 2 aromatic carbocycles. The van der Waals surface area contributed by atoms with Gasteiger partial charge in [-0.05, 0) is 41.6 Å². The van der Waals surface area contributed by atoms with E-state index in [0.717, 1.165) is 20.4 Å². The molecule has 0 fully saturated rings. The van der Waals surface area contributed by atoms with Gasteiger partial charge in [0.05, 0.1) is 12.8 Å². The van der Waals surface area contributed by atoms with E-state index in [1.54, 1.807) is 12.1 Å². The van der Waals surface area contributed by atoms with Crippen LogP contribution in [-0.4, -0.2) is 31.6 Å². The van der Waals surface area contributed by atoms with Crippen LogP contribution in [0.1, 0.15) is 23.6 Å². The molecule has 26 heavy (non-hydrogen) atoms. The Hall–Kier alpha value is -2.42. The van der Waals surface area contributed by atoms with Gasteiger partial charge in [-0.25, -0.2) is 4.79 Å². The highest BCUT2D eigenvalue weighted by Crippen LogP contribution is 2.14. The molecule has 0 saturated heterocycles. The first-order valence-electron chi connectivity index (χ1n) is 7.77. The molecule has 0 radical (unpaired) electrons. The summed E-state index contributed by atoms with van der Waals surface area (Å²) < 4.78 is 5.89. The number of benzene rings is 2. The van der Waals surface area contributed by atoms with Gasteiger partial charge < -0.3 is 14.4 Å². The zero-order valence-electron chi connectivity index (χ0n) is 14.7. The number of nitrogens with zero attached hydrogens (tertiary/aromatic N) is 2. The summed E-state index contributed by atoms with van der Waals surface area (Å²) >= 11 is 2.25. The molecule has 7 heteroatoms. The lowest BCUT2D eigenvalue weighted by molar-refractivity contribution is -0.132. The van der Waals surface area contributed by atoms with E-state index in [9.17, 15) is 4.79 Å². The average Bonchev–Trinajstić information content (AvgIpc) is 2.66. The van der Waals surface area contributed by atoms with Crippen molar-refractivity contribution in [3.05, 3.63) is 68.8 Å². The monoisotopic (exact) mass is 466 g/mol. The smallest absolute Gasteiger partial charge is 0.360 e. The summed E-state index contributed by atoms with van der Waals surface area (Å²) in [6.07, 6.45) is 0. The molecule has 2 rings (SSSR count). The summed E-state index contributed by atoms with van der Waals surface area (Å²) in [5, 5.41) is 7.94. The van der Waals surface area contributed by atoms with E-state index in [0.29, 0.717) is 5.56 Å². The molecular weight excluding hydrogens is 447 g/mol. The van der Waals surface area contributed by atoms with Gasteiger partial charge in [0.2, 0.25) is 0 Å². The van der Waals surface area contributed by atoms with Crippen LogP contribution in [0, 0.1) is 3.57 Å². The highest BCUT2D eigenvalue weighted by atomic mass is 127. The van der Waals surface area contributed by atoms with Crippen molar-refractivity contribution in [2.45, 2.75) is 13.5 Å². The van der Waals surface area contributed by atoms with Crippen molar-refractivity contribution in [2.24, 2.45) is 10.3 Å². The predicted molar refractivity (Wildman–Crippen MR) is 108 cm³/mol. The van der Waals surface area contributed by atoms with E-state index in [-0.39, 0.29) is 12.3 Å². The Bertz CT molecular complexity index is 834. The third kappa shape index (κ3) is 5.29. The molecule has 0 aliphatic carbocycles. The largest absolute Gasteiger partial charge is 0.464 e. The van der Waals surface area contributed by atoms with Gasteiger partial charge in [-0.2, -0.15) is 0 Å². The zero-order valence-corrected chi connectivity index (χ0v) is 16.9. The van der Waals surface area contributed by atoms with Crippen molar-refractivity contribution in [3.63, 3.8) is 0 Å². The molecule has 0 aliphatic rings. The second-order valence-electron chi connectivity index (χ2n) is 5.23. The van der Waals surface area contributed by atoms with Gasteiger partial charge in [0.25, 0.3) is 0 Å². The molecule has 0 bridgehead atoms. The Morgan fingerprint density at radius 1 is 1.08 bits per heavy atom. The Labute approximate surface area is 166 Å². The number of oxime groups is 2. The fraction of sp³-hybridized carbons (Fsp3) is 0.211. The number of methoxy groups -OCH3 is 1. The second-order valence-corrected chi connectivity index (χ2v) is 6.48. The van der Waals surface area contributed by atoms with Crippen LogP contribution in [0.3, 0.4) is 0 Å². The summed E-state index contributed by atoms with van der Waals surface area (Å²) in [6.45, 7) is 2.06. The fourth-order valence-corrected chi connectivity index (χ4v) is 2.77. The highest BCUT2D eigenvalue weighted by molar-refractivity contribution is 14.1. The maximum Gasteiger partial charge on any atom is 0.360 e. The molecule has 136 valence electrons. The number of carbonyl (C=O) groups excluding carboxylic acids is 1. The third-order valence-corrected chi connectivity index (χ3v) is 4.17. The SMILES string of the molecule is CO/N=C(/C(=O)OC)c1ccccc1CO/N=C(\C)c1cccc(I)c1. The minimum absolute atomic E-state index is 0.0764. The minimum Gasteiger partial charge on any atom is -0.464 e. The van der Waals surface area contributed by atoms with E-state index in [2.05, 4.69) is 32.9 Å². The van der Waals surface area contributed by atoms with E-state index in [4.69, 9.17) is 14.4 Å². The molecule has 0 atom stereocenters. The number of esters is 1. The van der Waals surface area contributed by atoms with Gasteiger partial charge in [0, 0.05) is 20.3 Å². The van der Waals surface area contributed by atoms with E-state index in [1.807, 2.05) is 43.3 Å². The van der Waals surface area contributed by atoms with Crippen LogP contribution in [0.25, 0.3) is 0 Å². The Morgan fingerprint density at radius 2 is 1.85 bits per heavy atom. The van der Waals surface area contributed by atoms with E-state index in [1.165, 1.54) is 14.2 Å². The highest BCUT2D eigenvalue weighted by Gasteiger charge is 2.19. The van der Waals surface area contributed by atoms with Crippen LogP contribution < -0.4 is 0 Å². The molecule has 0 N–H and O–H groups in total. The fourth-order valence-electron chi connectivity index (χ4n) is 2.23. The topological polar surface area (TPSA) is 69.5 Å². The molecule has 0 unspecified atom stereocenters. The predicted octanol–water partition coefficient (Wildman–Crippen LogP) is 3.76. The van der Waals surface area contributed by atoms with Crippen LogP contribution >= 0.6 is 22.6 Å². The van der Waals surface area contributed by atoms with Gasteiger partial charge in [-0.1, -0.05) is 46.7 Å². The number of carbonyl (C=O) groups is 1. The molecule has 0 aliphatic heterocycles. The third-order valence-electron chi connectivity index (χ3n) is 3.50. The van der Waals surface area contributed by atoms with Gasteiger partial charge >= 0.3 is 5.97 Å². The summed E-state index contributed by atoms with van der Waals surface area (Å²) in [7, 11) is 2.67. The number of halogens is 1. The lowest BCUT2D eigenvalue weighted by Crippen LogP contribution is -2.19. The average molecular weight is 466 g/mol. The standard InChI is InChI=1S/C19H19IN2O4/c1-13(14-8-6-9-16(20)11-14)21-26-12-15-7-4-5-10-17(15)18(22-25-3)19(23)24-2/h4-11H,12H2,1-3H3/b21-13+,22-18+. The second kappa shape index (κ2) is 9.91. The number of ether oxygens (including phenoxy) is 1. The minimum atomic E-state index is -0.585. The molecular formula is C19H19IN2O4. The Morgan fingerprint density at radius 3 is 2.54 bits per heavy atom. The lowest BCUT2D eigenvalue weighted by Gasteiger charge is -2.10. The van der Waals surface area contributed by atoms with Gasteiger partial charge in [0.1, 0.15) is 13.7 Å². The summed E-state index contributed by atoms with van der Waals surface area (Å²) in [5.74, 6) is -0.585. The van der Waals surface area contributed by atoms with Crippen molar-refractivity contribution >= 4 is 40.0 Å². The van der Waals surface area contributed by atoms with Gasteiger partial charge in [0.15, 0.2) is 5.71 Å². The van der Waals surface area contributed by atoms with Crippen molar-refractivity contribution < 1.29 is 19.2 Å². The number of hydrogen-bond acceptors (Lipinski definition) is 6. The molecule has 0 spiro atoms. The van der Waals surface area contributed by atoms with Gasteiger partial charge in [-0.3, -0.25) is 0 Å². The quantitative estimate of drug-likeness (QED) is 0.270. The van der Waals surface area contributed by atoms with Crippen LogP contribution in [0.2, 0.25) is 0 Å². The number of rotatable bonds is 7. The van der Waals surface area contributed by atoms with Crippen LogP contribution in [0.4, 0.5) is 0 Å². The lowest BCUT2D eigenvalue weighted by atomic mass is 10.0. The van der Waals surface area contributed by atoms with Crippen LogP contribution in [-0.2, 0) is 25.8 Å². The van der Waals surface area contributed by atoms with Gasteiger partial charge in [-0.15, -0.1) is 0 Å². The van der Waals surface area contributed by atoms with Crippen molar-refractivity contribution in [1.82, 2.24) is 0 Å². The first kappa shape index (κ1) is 19.9. The molecule has 6 nitrogen and oxygen atoms in total. The molecule has 0 amide bonds. The normalized spacial score (nSPS) is 11.8. The first-order valence-corrected chi connectivity index (χ1v) is 8.85. The molecule has 0 aromatic heterocycles. The Kier molecular flexibility index (Phi) is 7.58. The van der Waals surface area contributed by atoms with Crippen LogP contribution in [0.15, 0.2) is 58.8 Å². The van der Waals surface area contributed by atoms with Crippen LogP contribution in [0.5, 0.6) is 0 Å². The van der Waals surface area contributed by atoms with Crippen molar-refractivity contribution in [3.8, 4) is 0 Å². The zero-order chi connectivity index (χ0) is 18.9. The maximum atomic E-state index is 12.0. The molecule has 0 heterocycles. The summed E-state index contributed by atoms with van der Waals surface area (Å²) in [4.78, 5) is 22.2. The van der Waals surface area contributed by atoms with E-state index < -0.39 is 5.97 Å². The summed E-state index contributed by atoms with van der Waals surface area (Å²) in [6, 6.07) is 15.2. The van der Waals surface area contributed by atoms with Crippen molar-refractivity contribution in [2.75, 3.05) is 14.2 Å². The summed E-state index contributed by atoms with van der Waals surface area (Å²) in [5.41, 5.74) is 3.14. The number of hydrogen-bond donors (Lipinski definition) is 0. The van der Waals surface area contributed by atoms with E-state index >= 15 is 0 Å². The molecule has 2 aromatic rings.